The Bertz CT molecular complexity index is 334. The molecule has 0 aliphatic rings. The Labute approximate surface area is 124 Å². The normalized spacial score (nSPS) is 13.8. The molecule has 112 valence electrons. The van der Waals surface area contributed by atoms with Gasteiger partial charge in [0.25, 0.3) is 0 Å². The summed E-state index contributed by atoms with van der Waals surface area (Å²) < 4.78 is 6.09. The van der Waals surface area contributed by atoms with Crippen LogP contribution in [-0.4, -0.2) is 43.6 Å². The number of amides is 1. The van der Waals surface area contributed by atoms with Gasteiger partial charge < -0.3 is 9.84 Å². The summed E-state index contributed by atoms with van der Waals surface area (Å²) in [7, 11) is 0. The number of ether oxygens (including phenoxy) is 1. The monoisotopic (exact) mass is 309 g/mol. The van der Waals surface area contributed by atoms with Crippen molar-refractivity contribution in [3.05, 3.63) is 0 Å². The first-order valence-electron chi connectivity index (χ1n) is 5.92. The fraction of sp³-hybridized carbons (Fsp3) is 0.833. The molecular formula is C12H23NO4S2. The van der Waals surface area contributed by atoms with Gasteiger partial charge in [-0.1, -0.05) is 0 Å². The summed E-state index contributed by atoms with van der Waals surface area (Å²) in [5, 5.41) is 9.18. The predicted molar refractivity (Wildman–Crippen MR) is 80.7 cm³/mol. The molecule has 1 N–H and O–H groups in total. The highest BCUT2D eigenvalue weighted by atomic mass is 32.2. The second-order valence-electron chi connectivity index (χ2n) is 6.05. The minimum atomic E-state index is -1.10. The van der Waals surface area contributed by atoms with Gasteiger partial charge in [0.1, 0.15) is 5.60 Å². The van der Waals surface area contributed by atoms with E-state index in [4.69, 9.17) is 4.74 Å². The van der Waals surface area contributed by atoms with Crippen LogP contribution in [0.15, 0.2) is 0 Å². The van der Waals surface area contributed by atoms with Gasteiger partial charge >= 0.3 is 12.1 Å². The lowest BCUT2D eigenvalue weighted by Gasteiger charge is -2.33. The molecule has 0 aromatic carbocycles. The molecule has 0 unspecified atom stereocenters. The number of nitrogens with zero attached hydrogens (tertiary/aromatic N) is 1. The quantitative estimate of drug-likeness (QED) is 0.617. The molecule has 0 aliphatic carbocycles. The number of carbonyl (C=O) groups excluding carboxylic acids is 1. The molecule has 0 radical (unpaired) electrons. The van der Waals surface area contributed by atoms with E-state index in [0.717, 1.165) is 16.3 Å². The smallest absolute Gasteiger partial charge is 0.421 e. The van der Waals surface area contributed by atoms with Crippen molar-refractivity contribution in [1.82, 2.24) is 4.31 Å². The first-order chi connectivity index (χ1) is 8.37. The van der Waals surface area contributed by atoms with Gasteiger partial charge in [0.05, 0.1) is 0 Å². The molecule has 1 amide bonds. The lowest BCUT2D eigenvalue weighted by molar-refractivity contribution is -0.140. The van der Waals surface area contributed by atoms with E-state index >= 15 is 0 Å². The zero-order chi connectivity index (χ0) is 15.4. The third-order valence-corrected chi connectivity index (χ3v) is 3.18. The first-order valence-corrected chi connectivity index (χ1v) is 7.33. The van der Waals surface area contributed by atoms with Crippen LogP contribution in [0.2, 0.25) is 0 Å². The van der Waals surface area contributed by atoms with Gasteiger partial charge in [0.15, 0.2) is 6.04 Å². The second-order valence-corrected chi connectivity index (χ2v) is 8.21. The highest BCUT2D eigenvalue weighted by Gasteiger charge is 2.35. The predicted octanol–water partition coefficient (Wildman–Crippen LogP) is 3.05. The number of carboxylic acid groups (broad SMARTS) is 1. The largest absolute Gasteiger partial charge is 0.480 e. The van der Waals surface area contributed by atoms with Crippen molar-refractivity contribution in [3.63, 3.8) is 0 Å². The Kier molecular flexibility index (Phi) is 6.54. The van der Waals surface area contributed by atoms with Gasteiger partial charge in [-0.05, 0) is 53.5 Å². The van der Waals surface area contributed by atoms with E-state index in [2.05, 4.69) is 12.6 Å². The van der Waals surface area contributed by atoms with Gasteiger partial charge in [0.2, 0.25) is 0 Å². The van der Waals surface area contributed by atoms with Crippen LogP contribution in [0.3, 0.4) is 0 Å². The van der Waals surface area contributed by atoms with Crippen LogP contribution in [0.4, 0.5) is 4.79 Å². The molecule has 0 aliphatic heterocycles. The van der Waals surface area contributed by atoms with Crippen LogP contribution >= 0.6 is 24.6 Å². The minimum absolute atomic E-state index is 0.0255. The van der Waals surface area contributed by atoms with Crippen molar-refractivity contribution >= 4 is 36.6 Å². The summed E-state index contributed by atoms with van der Waals surface area (Å²) in [5.41, 5.74) is -0.673. The number of rotatable bonds is 4. The van der Waals surface area contributed by atoms with Crippen molar-refractivity contribution in [1.29, 1.82) is 0 Å². The molecule has 7 heteroatoms. The Morgan fingerprint density at radius 1 is 1.26 bits per heavy atom. The number of thiol groups is 1. The maximum atomic E-state index is 12.1. The van der Waals surface area contributed by atoms with E-state index in [1.54, 1.807) is 20.8 Å². The Balaban J connectivity index is 5.16. The van der Waals surface area contributed by atoms with Gasteiger partial charge in [-0.25, -0.2) is 13.9 Å². The highest BCUT2D eigenvalue weighted by molar-refractivity contribution is 7.98. The van der Waals surface area contributed by atoms with Crippen LogP contribution < -0.4 is 0 Å². The molecule has 0 saturated carbocycles. The highest BCUT2D eigenvalue weighted by Crippen LogP contribution is 2.31. The third-order valence-electron chi connectivity index (χ3n) is 1.69. The van der Waals surface area contributed by atoms with E-state index in [0.29, 0.717) is 0 Å². The number of carbonyl (C=O) groups is 2. The van der Waals surface area contributed by atoms with E-state index in [9.17, 15) is 14.7 Å². The average molecular weight is 309 g/mol. The Hall–Kier alpha value is -0.560. The fourth-order valence-electron chi connectivity index (χ4n) is 1.08. The van der Waals surface area contributed by atoms with Gasteiger partial charge in [-0.2, -0.15) is 12.6 Å². The third kappa shape index (κ3) is 7.57. The van der Waals surface area contributed by atoms with E-state index in [1.165, 1.54) is 0 Å². The lowest BCUT2D eigenvalue weighted by Crippen LogP contribution is -2.46. The minimum Gasteiger partial charge on any atom is -0.480 e. The molecule has 0 spiro atoms. The first kappa shape index (κ1) is 18.4. The fourth-order valence-corrected chi connectivity index (χ4v) is 2.51. The van der Waals surface area contributed by atoms with E-state index < -0.39 is 23.7 Å². The molecule has 5 nitrogen and oxygen atoms in total. The van der Waals surface area contributed by atoms with Gasteiger partial charge in [-0.3, -0.25) is 0 Å². The Morgan fingerprint density at radius 3 is 2.00 bits per heavy atom. The van der Waals surface area contributed by atoms with Crippen molar-refractivity contribution in [2.45, 2.75) is 57.9 Å². The molecular weight excluding hydrogens is 286 g/mol. The molecule has 1 atom stereocenters. The van der Waals surface area contributed by atoms with Crippen LogP contribution in [0.25, 0.3) is 0 Å². The maximum Gasteiger partial charge on any atom is 0.421 e. The standard InChI is InChI=1S/C12H23NO4S2/c1-11(2,3)17-10(16)13(19-12(4,5)6)8(7-18)9(14)15/h8,18H,7H2,1-6H3,(H,14,15)/t8-/m0/s1. The summed E-state index contributed by atoms with van der Waals surface area (Å²) in [5.74, 6) is -1.07. The topological polar surface area (TPSA) is 66.8 Å². The van der Waals surface area contributed by atoms with E-state index in [-0.39, 0.29) is 10.5 Å². The van der Waals surface area contributed by atoms with E-state index in [1.807, 2.05) is 20.8 Å². The SMILES string of the molecule is CC(C)(C)OC(=O)N(SC(C)(C)C)[C@@H](CS)C(=O)O. The van der Waals surface area contributed by atoms with Gasteiger partial charge in [-0.15, -0.1) is 0 Å². The van der Waals surface area contributed by atoms with Crippen molar-refractivity contribution in [2.75, 3.05) is 5.75 Å². The summed E-state index contributed by atoms with van der Waals surface area (Å²) in [6.45, 7) is 10.9. The summed E-state index contributed by atoms with van der Waals surface area (Å²) in [6, 6.07) is -1.03. The second kappa shape index (κ2) is 6.74. The summed E-state index contributed by atoms with van der Waals surface area (Å²) in [4.78, 5) is 23.3. The zero-order valence-corrected chi connectivity index (χ0v) is 14.0. The molecule has 0 bridgehead atoms. The molecule has 0 rings (SSSR count). The Morgan fingerprint density at radius 2 is 1.74 bits per heavy atom. The molecule has 0 aromatic rings. The molecule has 19 heavy (non-hydrogen) atoms. The maximum absolute atomic E-state index is 12.1. The average Bonchev–Trinajstić information content (AvgIpc) is 2.11. The lowest BCUT2D eigenvalue weighted by atomic mass is 10.2. The van der Waals surface area contributed by atoms with Crippen molar-refractivity contribution in [2.24, 2.45) is 0 Å². The number of hydrogen-bond donors (Lipinski definition) is 2. The zero-order valence-electron chi connectivity index (χ0n) is 12.3. The van der Waals surface area contributed by atoms with Crippen LogP contribution in [0.5, 0.6) is 0 Å². The molecule has 0 heterocycles. The summed E-state index contributed by atoms with van der Waals surface area (Å²) >= 11 is 5.15. The van der Waals surface area contributed by atoms with Crippen LogP contribution in [0, 0.1) is 0 Å². The molecule has 0 fully saturated rings. The number of carboxylic acids is 1. The van der Waals surface area contributed by atoms with Crippen LogP contribution in [0.1, 0.15) is 41.5 Å². The number of aliphatic carboxylic acids is 1. The van der Waals surface area contributed by atoms with Crippen molar-refractivity contribution < 1.29 is 19.4 Å². The van der Waals surface area contributed by atoms with Crippen molar-refractivity contribution in [3.8, 4) is 0 Å². The van der Waals surface area contributed by atoms with Gasteiger partial charge in [0, 0.05) is 10.5 Å². The molecule has 0 aromatic heterocycles. The summed E-state index contributed by atoms with van der Waals surface area (Å²) in [6.07, 6.45) is -0.658. The number of hydrogen-bond acceptors (Lipinski definition) is 5. The molecule has 0 saturated heterocycles. The van der Waals surface area contributed by atoms with Crippen LogP contribution in [-0.2, 0) is 9.53 Å².